The molecule has 0 aliphatic carbocycles. The Bertz CT molecular complexity index is 491. The lowest BCUT2D eigenvalue weighted by Gasteiger charge is -2.08. The van der Waals surface area contributed by atoms with Crippen LogP contribution in [0.2, 0.25) is 0 Å². The van der Waals surface area contributed by atoms with E-state index in [1.165, 1.54) is 0 Å². The summed E-state index contributed by atoms with van der Waals surface area (Å²) in [4.78, 5) is 4.46. The van der Waals surface area contributed by atoms with Gasteiger partial charge in [-0.25, -0.2) is 4.98 Å². The normalized spacial score (nSPS) is 12.4. The molecule has 0 aliphatic rings. The van der Waals surface area contributed by atoms with Gasteiger partial charge in [0.05, 0.1) is 10.7 Å². The molecule has 3 nitrogen and oxygen atoms in total. The van der Waals surface area contributed by atoms with Crippen LogP contribution in [0.5, 0.6) is 5.75 Å². The number of ether oxygens (including phenoxy) is 1. The van der Waals surface area contributed by atoms with Gasteiger partial charge in [0.25, 0.3) is 0 Å². The van der Waals surface area contributed by atoms with Crippen LogP contribution in [-0.4, -0.2) is 4.98 Å². The first-order valence-corrected chi connectivity index (χ1v) is 6.98. The third-order valence-electron chi connectivity index (χ3n) is 2.69. The molecule has 1 aromatic heterocycles. The Morgan fingerprint density at radius 2 is 2.06 bits per heavy atom. The van der Waals surface area contributed by atoms with Crippen LogP contribution in [0, 0.1) is 0 Å². The fraction of sp³-hybridized carbons (Fsp3) is 0.357. The Morgan fingerprint density at radius 3 is 2.61 bits per heavy atom. The van der Waals surface area contributed by atoms with E-state index in [2.05, 4.69) is 17.3 Å². The lowest BCUT2D eigenvalue weighted by atomic mass is 10.1. The Morgan fingerprint density at radius 1 is 1.33 bits per heavy atom. The van der Waals surface area contributed by atoms with Crippen molar-refractivity contribution >= 4 is 11.3 Å². The first-order valence-electron chi connectivity index (χ1n) is 6.10. The van der Waals surface area contributed by atoms with Gasteiger partial charge in [-0.05, 0) is 31.0 Å². The number of aromatic nitrogens is 1. The minimum Gasteiger partial charge on any atom is -0.487 e. The van der Waals surface area contributed by atoms with Crippen molar-refractivity contribution in [3.05, 3.63) is 45.9 Å². The highest BCUT2D eigenvalue weighted by atomic mass is 32.1. The zero-order chi connectivity index (χ0) is 13.0. The third-order valence-corrected chi connectivity index (χ3v) is 3.74. The number of hydrogen-bond acceptors (Lipinski definition) is 4. The Kier molecular flexibility index (Phi) is 4.33. The molecule has 0 saturated carbocycles. The summed E-state index contributed by atoms with van der Waals surface area (Å²) in [6, 6.07) is 7.96. The summed E-state index contributed by atoms with van der Waals surface area (Å²) in [5.74, 6) is 0.852. The lowest BCUT2D eigenvalue weighted by Crippen LogP contribution is -2.04. The number of hydrogen-bond donors (Lipinski definition) is 1. The van der Waals surface area contributed by atoms with Crippen molar-refractivity contribution < 1.29 is 4.74 Å². The van der Waals surface area contributed by atoms with Gasteiger partial charge >= 0.3 is 0 Å². The van der Waals surface area contributed by atoms with Crippen LogP contribution in [0.25, 0.3) is 0 Å². The highest BCUT2D eigenvalue weighted by molar-refractivity contribution is 7.09. The Labute approximate surface area is 112 Å². The molecular formula is C14H18N2OS. The second kappa shape index (κ2) is 5.98. The lowest BCUT2D eigenvalue weighted by molar-refractivity contribution is 0.302. The monoisotopic (exact) mass is 262 g/mol. The van der Waals surface area contributed by atoms with E-state index in [0.29, 0.717) is 6.61 Å². The van der Waals surface area contributed by atoms with Crippen molar-refractivity contribution in [1.82, 2.24) is 4.98 Å². The average molecular weight is 262 g/mol. The molecule has 2 N–H and O–H groups in total. The molecule has 0 aliphatic heterocycles. The molecule has 1 atom stereocenters. The van der Waals surface area contributed by atoms with Crippen molar-refractivity contribution in [2.75, 3.05) is 0 Å². The molecule has 96 valence electrons. The quantitative estimate of drug-likeness (QED) is 0.899. The second-order valence-corrected chi connectivity index (χ2v) is 5.18. The zero-order valence-corrected chi connectivity index (χ0v) is 11.5. The molecule has 1 heterocycles. The van der Waals surface area contributed by atoms with E-state index >= 15 is 0 Å². The first kappa shape index (κ1) is 13.1. The Hall–Kier alpha value is -1.39. The largest absolute Gasteiger partial charge is 0.487 e. The minimum atomic E-state index is 0.0599. The van der Waals surface area contributed by atoms with Crippen LogP contribution in [0.1, 0.15) is 36.2 Å². The Balaban J connectivity index is 1.93. The van der Waals surface area contributed by atoms with Crippen molar-refractivity contribution in [2.24, 2.45) is 5.73 Å². The van der Waals surface area contributed by atoms with Crippen LogP contribution < -0.4 is 10.5 Å². The van der Waals surface area contributed by atoms with Crippen LogP contribution in [0.15, 0.2) is 29.6 Å². The first-order chi connectivity index (χ1) is 8.69. The van der Waals surface area contributed by atoms with Crippen molar-refractivity contribution in [2.45, 2.75) is 32.9 Å². The van der Waals surface area contributed by atoms with Gasteiger partial charge in [-0.15, -0.1) is 11.3 Å². The molecule has 0 amide bonds. The van der Waals surface area contributed by atoms with Gasteiger partial charge in [0, 0.05) is 11.4 Å². The maximum absolute atomic E-state index is 5.80. The van der Waals surface area contributed by atoms with E-state index in [1.54, 1.807) is 11.3 Å². The molecule has 0 saturated heterocycles. The minimum absolute atomic E-state index is 0.0599. The molecule has 0 fully saturated rings. The van der Waals surface area contributed by atoms with E-state index in [1.807, 2.05) is 31.2 Å². The van der Waals surface area contributed by atoms with E-state index in [-0.39, 0.29) is 6.04 Å². The predicted octanol–water partition coefficient (Wildman–Crippen LogP) is 3.30. The van der Waals surface area contributed by atoms with E-state index in [9.17, 15) is 0 Å². The molecule has 0 radical (unpaired) electrons. The summed E-state index contributed by atoms with van der Waals surface area (Å²) in [7, 11) is 0. The van der Waals surface area contributed by atoms with E-state index in [0.717, 1.165) is 28.4 Å². The van der Waals surface area contributed by atoms with Gasteiger partial charge in [-0.3, -0.25) is 0 Å². The smallest absolute Gasteiger partial charge is 0.131 e. The zero-order valence-electron chi connectivity index (χ0n) is 10.7. The number of thiazole rings is 1. The van der Waals surface area contributed by atoms with Crippen LogP contribution >= 0.6 is 11.3 Å². The SMILES string of the molecule is CCc1nc(COc2ccc([C@@H](C)N)cc2)cs1. The van der Waals surface area contributed by atoms with Gasteiger partial charge in [-0.2, -0.15) is 0 Å². The molecule has 18 heavy (non-hydrogen) atoms. The molecule has 0 bridgehead atoms. The second-order valence-electron chi connectivity index (χ2n) is 4.23. The number of nitrogens with two attached hydrogens (primary N) is 1. The van der Waals surface area contributed by atoms with Gasteiger partial charge in [0.15, 0.2) is 0 Å². The molecule has 1 aromatic carbocycles. The third kappa shape index (κ3) is 3.31. The average Bonchev–Trinajstić information content (AvgIpc) is 2.85. The van der Waals surface area contributed by atoms with Crippen LogP contribution in [0.4, 0.5) is 0 Å². The van der Waals surface area contributed by atoms with E-state index in [4.69, 9.17) is 10.5 Å². The molecular weight excluding hydrogens is 244 g/mol. The maximum Gasteiger partial charge on any atom is 0.131 e. The van der Waals surface area contributed by atoms with Crippen molar-refractivity contribution in [3.8, 4) is 5.75 Å². The fourth-order valence-corrected chi connectivity index (χ4v) is 2.33. The standard InChI is InChI=1S/C14H18N2OS/c1-3-14-16-12(9-18-14)8-17-13-6-4-11(5-7-13)10(2)15/h4-7,9-10H,3,8,15H2,1-2H3/t10-/m1/s1. The number of nitrogens with zero attached hydrogens (tertiary/aromatic N) is 1. The van der Waals surface area contributed by atoms with Crippen molar-refractivity contribution in [1.29, 1.82) is 0 Å². The summed E-state index contributed by atoms with van der Waals surface area (Å²) in [5, 5.41) is 3.20. The number of benzene rings is 1. The van der Waals surface area contributed by atoms with Crippen LogP contribution in [0.3, 0.4) is 0 Å². The summed E-state index contributed by atoms with van der Waals surface area (Å²) in [6.45, 7) is 4.60. The number of aryl methyl sites for hydroxylation is 1. The van der Waals surface area contributed by atoms with Gasteiger partial charge < -0.3 is 10.5 Å². The summed E-state index contributed by atoms with van der Waals surface area (Å²) in [5.41, 5.74) is 7.91. The van der Waals surface area contributed by atoms with Gasteiger partial charge in [0.1, 0.15) is 12.4 Å². The predicted molar refractivity (Wildman–Crippen MR) is 74.9 cm³/mol. The van der Waals surface area contributed by atoms with Crippen molar-refractivity contribution in [3.63, 3.8) is 0 Å². The molecule has 2 rings (SSSR count). The maximum atomic E-state index is 5.80. The van der Waals surface area contributed by atoms with Gasteiger partial charge in [0.2, 0.25) is 0 Å². The van der Waals surface area contributed by atoms with Gasteiger partial charge in [-0.1, -0.05) is 19.1 Å². The highest BCUT2D eigenvalue weighted by Gasteiger charge is 2.02. The fourth-order valence-electron chi connectivity index (χ4n) is 1.60. The van der Waals surface area contributed by atoms with E-state index < -0.39 is 0 Å². The summed E-state index contributed by atoms with van der Waals surface area (Å²) in [6.07, 6.45) is 0.980. The molecule has 0 unspecified atom stereocenters. The molecule has 4 heteroatoms. The molecule has 0 spiro atoms. The van der Waals surface area contributed by atoms with Crippen LogP contribution in [-0.2, 0) is 13.0 Å². The summed E-state index contributed by atoms with van der Waals surface area (Å²) < 4.78 is 5.69. The molecule has 2 aromatic rings. The summed E-state index contributed by atoms with van der Waals surface area (Å²) >= 11 is 1.68. The number of rotatable bonds is 5. The highest BCUT2D eigenvalue weighted by Crippen LogP contribution is 2.18. The topological polar surface area (TPSA) is 48.1 Å².